The number of hydrogen-bond donors (Lipinski definition) is 1. The number of carboxylic acids is 1. The van der Waals surface area contributed by atoms with E-state index < -0.39 is 31.6 Å². The molecule has 0 saturated heterocycles. The third-order valence-electron chi connectivity index (χ3n) is 6.97. The second-order valence-corrected chi connectivity index (χ2v) is 14.7. The maximum Gasteiger partial charge on any atom is 0.319 e. The summed E-state index contributed by atoms with van der Waals surface area (Å²) in [6.45, 7) is 5.27. The molecule has 0 saturated carbocycles. The maximum absolute atomic E-state index is 14.1. The Morgan fingerprint density at radius 1 is 0.795 bits per heavy atom. The molecule has 10 nitrogen and oxygen atoms in total. The van der Waals surface area contributed by atoms with Crippen LogP contribution in [0.5, 0.6) is 0 Å². The van der Waals surface area contributed by atoms with Gasteiger partial charge in [0.05, 0.1) is 16.3 Å². The Kier molecular flexibility index (Phi) is 9.47. The number of aryl methyl sites for hydroxylation is 3. The summed E-state index contributed by atoms with van der Waals surface area (Å²) >= 11 is 0. The number of amides is 1. The summed E-state index contributed by atoms with van der Waals surface area (Å²) in [6, 6.07) is 19.7. The van der Waals surface area contributed by atoms with E-state index in [2.05, 4.69) is 0 Å². The van der Waals surface area contributed by atoms with E-state index >= 15 is 0 Å². The fourth-order valence-corrected chi connectivity index (χ4v) is 7.91. The first-order valence-corrected chi connectivity index (χ1v) is 16.7. The molecule has 3 aromatic carbocycles. The van der Waals surface area contributed by atoms with Gasteiger partial charge in [0, 0.05) is 20.6 Å². The largest absolute Gasteiger partial charge is 0.480 e. The van der Waals surface area contributed by atoms with Gasteiger partial charge in [0.25, 0.3) is 5.91 Å². The van der Waals surface area contributed by atoms with Crippen LogP contribution < -0.4 is 0 Å². The molecule has 0 bridgehead atoms. The number of carbonyl (C=O) groups excluding carboxylic acids is 1. The Bertz CT molecular complexity index is 1900. The third-order valence-corrected chi connectivity index (χ3v) is 10.7. The minimum atomic E-state index is -4.03. The predicted molar refractivity (Wildman–Crippen MR) is 165 cm³/mol. The van der Waals surface area contributed by atoms with Gasteiger partial charge in [-0.1, -0.05) is 54.1 Å². The average Bonchev–Trinajstić information content (AvgIpc) is 3.40. The van der Waals surface area contributed by atoms with Gasteiger partial charge in [0.2, 0.25) is 10.0 Å². The van der Waals surface area contributed by atoms with Crippen LogP contribution in [0.15, 0.2) is 87.0 Å². The van der Waals surface area contributed by atoms with Crippen molar-refractivity contribution in [3.05, 3.63) is 107 Å². The molecule has 0 unspecified atom stereocenters. The van der Waals surface area contributed by atoms with Crippen molar-refractivity contribution in [1.82, 2.24) is 9.21 Å². The SMILES string of the molecule is Cc1cc(C)c(S(=O)(=O)N(Cc2ccc(-c3cccc(S(=O)(=O)CC(=O)O)c3)cc2)Cc2ccc(C(=O)N(C)C)o2)c(C)c1. The lowest BCUT2D eigenvalue weighted by atomic mass is 10.0. The molecule has 0 spiro atoms. The summed E-state index contributed by atoms with van der Waals surface area (Å²) in [5.74, 6) is -2.39. The molecule has 0 radical (unpaired) electrons. The molecule has 0 atom stereocenters. The van der Waals surface area contributed by atoms with E-state index in [9.17, 15) is 26.4 Å². The van der Waals surface area contributed by atoms with Gasteiger partial charge >= 0.3 is 5.97 Å². The van der Waals surface area contributed by atoms with E-state index in [1.165, 1.54) is 33.5 Å². The highest BCUT2D eigenvalue weighted by Gasteiger charge is 2.30. The number of hydrogen-bond acceptors (Lipinski definition) is 7. The van der Waals surface area contributed by atoms with Crippen molar-refractivity contribution < 1.29 is 35.9 Å². The van der Waals surface area contributed by atoms with E-state index in [0.717, 1.165) is 5.56 Å². The number of sulfone groups is 1. The number of carbonyl (C=O) groups is 2. The molecule has 1 aromatic heterocycles. The summed E-state index contributed by atoms with van der Waals surface area (Å²) in [5.41, 5.74) is 4.06. The standard InChI is InChI=1S/C32H34N2O8S2/c1-21-15-22(2)31(23(3)16-21)44(40,41)34(19-27-13-14-29(42-27)32(37)33(4)5)18-24-9-11-25(12-10-24)26-7-6-8-28(17-26)43(38,39)20-30(35)36/h6-17H,18-20H2,1-5H3,(H,35,36). The lowest BCUT2D eigenvalue weighted by molar-refractivity contribution is -0.134. The Labute approximate surface area is 257 Å². The molecule has 4 aromatic rings. The van der Waals surface area contributed by atoms with Crippen molar-refractivity contribution >= 4 is 31.7 Å². The van der Waals surface area contributed by atoms with Gasteiger partial charge in [-0.15, -0.1) is 0 Å². The van der Waals surface area contributed by atoms with Crippen LogP contribution in [-0.4, -0.2) is 62.9 Å². The highest BCUT2D eigenvalue weighted by molar-refractivity contribution is 7.92. The first-order valence-electron chi connectivity index (χ1n) is 13.6. The van der Waals surface area contributed by atoms with Crippen molar-refractivity contribution in [3.63, 3.8) is 0 Å². The number of sulfonamides is 1. The first kappa shape index (κ1) is 32.6. The quantitative estimate of drug-likeness (QED) is 0.246. The minimum absolute atomic E-state index is 0.0138. The van der Waals surface area contributed by atoms with Gasteiger partial charge in [-0.05, 0) is 72.9 Å². The lowest BCUT2D eigenvalue weighted by Crippen LogP contribution is -2.31. The maximum atomic E-state index is 14.1. The number of benzene rings is 3. The van der Waals surface area contributed by atoms with Crippen molar-refractivity contribution in [1.29, 1.82) is 0 Å². The second kappa shape index (κ2) is 12.8. The number of carboxylic acid groups (broad SMARTS) is 1. The molecule has 12 heteroatoms. The van der Waals surface area contributed by atoms with Crippen molar-refractivity contribution in [2.75, 3.05) is 19.8 Å². The Balaban J connectivity index is 1.68. The minimum Gasteiger partial charge on any atom is -0.480 e. The van der Waals surface area contributed by atoms with Crippen LogP contribution in [0.25, 0.3) is 11.1 Å². The number of rotatable bonds is 11. The van der Waals surface area contributed by atoms with Gasteiger partial charge in [0.15, 0.2) is 21.4 Å². The van der Waals surface area contributed by atoms with Crippen molar-refractivity contribution in [3.8, 4) is 11.1 Å². The number of nitrogens with zero attached hydrogens (tertiary/aromatic N) is 2. The van der Waals surface area contributed by atoms with Crippen LogP contribution in [-0.2, 0) is 37.7 Å². The van der Waals surface area contributed by atoms with E-state index in [1.807, 2.05) is 19.1 Å². The van der Waals surface area contributed by atoms with E-state index in [-0.39, 0.29) is 34.5 Å². The van der Waals surface area contributed by atoms with Crippen LogP contribution in [0, 0.1) is 20.8 Å². The molecular weight excluding hydrogens is 604 g/mol. The smallest absolute Gasteiger partial charge is 0.319 e. The molecule has 4 rings (SSSR count). The lowest BCUT2D eigenvalue weighted by Gasteiger charge is -2.24. The summed E-state index contributed by atoms with van der Waals surface area (Å²) in [5, 5.41) is 8.96. The average molecular weight is 639 g/mol. The molecule has 1 N–H and O–H groups in total. The van der Waals surface area contributed by atoms with Crippen LogP contribution in [0.2, 0.25) is 0 Å². The molecule has 44 heavy (non-hydrogen) atoms. The Morgan fingerprint density at radius 2 is 1.43 bits per heavy atom. The molecule has 1 amide bonds. The van der Waals surface area contributed by atoms with Crippen LogP contribution in [0.3, 0.4) is 0 Å². The second-order valence-electron chi connectivity index (χ2n) is 10.8. The topological polar surface area (TPSA) is 142 Å². The summed E-state index contributed by atoms with van der Waals surface area (Å²) in [4.78, 5) is 24.9. The first-order chi connectivity index (χ1) is 20.6. The van der Waals surface area contributed by atoms with Crippen LogP contribution in [0.4, 0.5) is 0 Å². The summed E-state index contributed by atoms with van der Waals surface area (Å²) < 4.78 is 60.2. The Hall–Kier alpha value is -4.26. The third kappa shape index (κ3) is 7.26. The fraction of sp³-hybridized carbons (Fsp3) is 0.250. The zero-order chi connectivity index (χ0) is 32.4. The summed E-state index contributed by atoms with van der Waals surface area (Å²) in [7, 11) is -4.85. The van der Waals surface area contributed by atoms with Gasteiger partial charge in [-0.25, -0.2) is 16.8 Å². The summed E-state index contributed by atoms with van der Waals surface area (Å²) in [6.07, 6.45) is 0. The molecule has 0 aliphatic heterocycles. The zero-order valence-electron chi connectivity index (χ0n) is 25.1. The molecule has 0 aliphatic rings. The number of furan rings is 1. The van der Waals surface area contributed by atoms with Gasteiger partial charge < -0.3 is 14.4 Å². The van der Waals surface area contributed by atoms with Gasteiger partial charge in [0.1, 0.15) is 5.76 Å². The number of aliphatic carboxylic acids is 1. The van der Waals surface area contributed by atoms with Crippen LogP contribution >= 0.6 is 0 Å². The van der Waals surface area contributed by atoms with Gasteiger partial charge in [-0.2, -0.15) is 4.31 Å². The van der Waals surface area contributed by atoms with E-state index in [0.29, 0.717) is 33.6 Å². The van der Waals surface area contributed by atoms with E-state index in [4.69, 9.17) is 9.52 Å². The monoisotopic (exact) mass is 638 g/mol. The predicted octanol–water partition coefficient (Wildman–Crippen LogP) is 4.82. The normalized spacial score (nSPS) is 12.0. The van der Waals surface area contributed by atoms with Gasteiger partial charge in [-0.3, -0.25) is 9.59 Å². The molecule has 0 aliphatic carbocycles. The highest BCUT2D eigenvalue weighted by Crippen LogP contribution is 2.29. The van der Waals surface area contributed by atoms with Crippen molar-refractivity contribution in [2.24, 2.45) is 0 Å². The Morgan fingerprint density at radius 3 is 2.02 bits per heavy atom. The van der Waals surface area contributed by atoms with Crippen LogP contribution in [0.1, 0.15) is 38.6 Å². The molecular formula is C32H34N2O8S2. The highest BCUT2D eigenvalue weighted by atomic mass is 32.2. The molecule has 232 valence electrons. The zero-order valence-corrected chi connectivity index (χ0v) is 26.7. The van der Waals surface area contributed by atoms with E-state index in [1.54, 1.807) is 64.3 Å². The van der Waals surface area contributed by atoms with Crippen molar-refractivity contribution in [2.45, 2.75) is 43.7 Å². The fourth-order valence-electron chi connectivity index (χ4n) is 5.02. The molecule has 1 heterocycles. The molecule has 0 fully saturated rings.